The van der Waals surface area contributed by atoms with Crippen LogP contribution in [0.5, 0.6) is 0 Å². The number of aromatic nitrogens is 3. The van der Waals surface area contributed by atoms with Gasteiger partial charge in [-0.1, -0.05) is 6.07 Å². The van der Waals surface area contributed by atoms with Crippen molar-refractivity contribution in [2.45, 2.75) is 45.5 Å². The van der Waals surface area contributed by atoms with Crippen molar-refractivity contribution in [3.63, 3.8) is 0 Å². The first-order valence-corrected chi connectivity index (χ1v) is 11.0. The maximum absolute atomic E-state index is 13.4. The van der Waals surface area contributed by atoms with E-state index in [2.05, 4.69) is 20.7 Å². The number of nitrogens with zero attached hydrogens (tertiary/aromatic N) is 4. The quantitative estimate of drug-likeness (QED) is 0.522. The van der Waals surface area contributed by atoms with Crippen molar-refractivity contribution in [3.05, 3.63) is 65.1 Å². The van der Waals surface area contributed by atoms with E-state index >= 15 is 0 Å². The van der Waals surface area contributed by atoms with Gasteiger partial charge < -0.3 is 20.3 Å². The summed E-state index contributed by atoms with van der Waals surface area (Å²) in [5.41, 5.74) is 3.84. The number of benzene rings is 1. The number of anilines is 3. The fourth-order valence-corrected chi connectivity index (χ4v) is 4.01. The summed E-state index contributed by atoms with van der Waals surface area (Å²) < 4.78 is 33.6. The Morgan fingerprint density at radius 3 is 2.76 bits per heavy atom. The van der Waals surface area contributed by atoms with Crippen LogP contribution in [0.25, 0.3) is 0 Å². The summed E-state index contributed by atoms with van der Waals surface area (Å²) in [6.07, 6.45) is 4.07. The van der Waals surface area contributed by atoms with E-state index in [4.69, 9.17) is 4.74 Å². The van der Waals surface area contributed by atoms with Crippen LogP contribution in [0.4, 0.5) is 26.0 Å². The van der Waals surface area contributed by atoms with Gasteiger partial charge in [0.2, 0.25) is 5.91 Å². The lowest BCUT2D eigenvalue weighted by atomic mass is 10.0. The summed E-state index contributed by atoms with van der Waals surface area (Å²) in [5.74, 6) is -1.14. The molecule has 34 heavy (non-hydrogen) atoms. The number of aryl methyl sites for hydroxylation is 1. The number of pyridine rings is 1. The molecule has 8 nitrogen and oxygen atoms in total. The van der Waals surface area contributed by atoms with Gasteiger partial charge in [-0.2, -0.15) is 5.10 Å². The van der Waals surface area contributed by atoms with Crippen LogP contribution in [-0.2, 0) is 22.6 Å². The van der Waals surface area contributed by atoms with Gasteiger partial charge in [0.1, 0.15) is 11.9 Å². The van der Waals surface area contributed by atoms with Gasteiger partial charge >= 0.3 is 0 Å². The molecule has 0 fully saturated rings. The van der Waals surface area contributed by atoms with Gasteiger partial charge in [0, 0.05) is 44.9 Å². The third-order valence-corrected chi connectivity index (χ3v) is 6.02. The summed E-state index contributed by atoms with van der Waals surface area (Å²) in [6, 6.07) is 5.39. The van der Waals surface area contributed by atoms with Crippen molar-refractivity contribution in [2.75, 3.05) is 29.7 Å². The smallest absolute Gasteiger partial charge is 0.247 e. The average Bonchev–Trinajstić information content (AvgIpc) is 3.25. The maximum atomic E-state index is 13.4. The number of fused-ring (bicyclic) bond motifs is 1. The van der Waals surface area contributed by atoms with E-state index in [1.54, 1.807) is 18.0 Å². The van der Waals surface area contributed by atoms with E-state index in [-0.39, 0.29) is 18.1 Å². The molecule has 1 aliphatic rings. The highest BCUT2D eigenvalue weighted by Crippen LogP contribution is 2.36. The van der Waals surface area contributed by atoms with Crippen molar-refractivity contribution in [3.8, 4) is 0 Å². The third-order valence-electron chi connectivity index (χ3n) is 6.02. The van der Waals surface area contributed by atoms with Crippen molar-refractivity contribution < 1.29 is 18.3 Å². The Morgan fingerprint density at radius 1 is 1.24 bits per heavy atom. The zero-order valence-corrected chi connectivity index (χ0v) is 19.6. The third kappa shape index (κ3) is 5.01. The highest BCUT2D eigenvalue weighted by Gasteiger charge is 2.33. The zero-order chi connectivity index (χ0) is 24.4. The van der Waals surface area contributed by atoms with Gasteiger partial charge in [0.15, 0.2) is 11.6 Å². The van der Waals surface area contributed by atoms with Gasteiger partial charge in [0.25, 0.3) is 0 Å². The molecule has 0 bridgehead atoms. The molecule has 3 aromatic rings. The molecule has 1 aliphatic heterocycles. The molecule has 2 aromatic heterocycles. The summed E-state index contributed by atoms with van der Waals surface area (Å²) >= 11 is 0. The van der Waals surface area contributed by atoms with Crippen LogP contribution in [0.2, 0.25) is 0 Å². The number of rotatable bonds is 8. The molecule has 0 saturated heterocycles. The summed E-state index contributed by atoms with van der Waals surface area (Å²) in [7, 11) is 3.53. The summed E-state index contributed by atoms with van der Waals surface area (Å²) in [5, 5.41) is 10.6. The number of ether oxygens (including phenoxy) is 1. The number of carbonyl (C=O) groups excluding carboxylic acids is 1. The van der Waals surface area contributed by atoms with E-state index < -0.39 is 11.6 Å². The standard InChI is InChI=1S/C24H28F2N6O2/c1-14(34-4)7-21-24(33)30-23-15(2)29-22(9-20(23)31(21)3)27-10-17-11-28-32(13-17)12-16-5-6-18(25)19(26)8-16/h5-6,8-9,11,13-14,21H,7,10,12H2,1-4H3,(H,27,29)(H,30,33)/t14?,21-/m0/s1. The van der Waals surface area contributed by atoms with Crippen LogP contribution in [0.15, 0.2) is 36.7 Å². The largest absolute Gasteiger partial charge is 0.382 e. The van der Waals surface area contributed by atoms with Crippen LogP contribution in [0, 0.1) is 18.6 Å². The lowest BCUT2D eigenvalue weighted by Gasteiger charge is -2.37. The molecular weight excluding hydrogens is 442 g/mol. The van der Waals surface area contributed by atoms with E-state index in [0.29, 0.717) is 42.3 Å². The minimum Gasteiger partial charge on any atom is -0.382 e. The van der Waals surface area contributed by atoms with Crippen LogP contribution >= 0.6 is 0 Å². The molecule has 0 saturated carbocycles. The van der Waals surface area contributed by atoms with Gasteiger partial charge in [-0.25, -0.2) is 13.8 Å². The Balaban J connectivity index is 1.45. The Morgan fingerprint density at radius 2 is 2.03 bits per heavy atom. The van der Waals surface area contributed by atoms with Crippen LogP contribution in [-0.4, -0.2) is 47.0 Å². The number of likely N-dealkylation sites (N-methyl/N-ethyl adjacent to an activating group) is 1. The molecule has 2 N–H and O–H groups in total. The fraction of sp³-hybridized carbons (Fsp3) is 0.375. The second-order valence-corrected chi connectivity index (χ2v) is 8.53. The minimum atomic E-state index is -0.875. The maximum Gasteiger partial charge on any atom is 0.247 e. The number of hydrogen-bond donors (Lipinski definition) is 2. The molecule has 180 valence electrons. The second-order valence-electron chi connectivity index (χ2n) is 8.53. The SMILES string of the molecule is COC(C)C[C@H]1C(=O)Nc2c(cc(NCc3cnn(Cc4ccc(F)c(F)c4)c3)nc2C)N1C. The Labute approximate surface area is 196 Å². The van der Waals surface area contributed by atoms with Crippen molar-refractivity contribution in [2.24, 2.45) is 0 Å². The number of halogens is 2. The molecule has 1 unspecified atom stereocenters. The molecule has 0 spiro atoms. The summed E-state index contributed by atoms with van der Waals surface area (Å²) in [4.78, 5) is 19.2. The Hall–Kier alpha value is -3.53. The minimum absolute atomic E-state index is 0.0526. The first kappa shape index (κ1) is 23.6. The molecule has 4 rings (SSSR count). The molecule has 0 aliphatic carbocycles. The topological polar surface area (TPSA) is 84.3 Å². The lowest BCUT2D eigenvalue weighted by Crippen LogP contribution is -2.47. The number of methoxy groups -OCH3 is 1. The molecule has 10 heteroatoms. The normalized spacial score (nSPS) is 16.2. The van der Waals surface area contributed by atoms with Crippen molar-refractivity contribution >= 4 is 23.1 Å². The average molecular weight is 471 g/mol. The van der Waals surface area contributed by atoms with Gasteiger partial charge in [0.05, 0.1) is 35.9 Å². The Bertz CT molecular complexity index is 1200. The molecular formula is C24H28F2N6O2. The van der Waals surface area contributed by atoms with Crippen LogP contribution in [0.3, 0.4) is 0 Å². The van der Waals surface area contributed by atoms with Crippen molar-refractivity contribution in [1.82, 2.24) is 14.8 Å². The number of carbonyl (C=O) groups is 1. The van der Waals surface area contributed by atoms with E-state index in [1.165, 1.54) is 12.1 Å². The van der Waals surface area contributed by atoms with E-state index in [0.717, 1.165) is 17.3 Å². The lowest BCUT2D eigenvalue weighted by molar-refractivity contribution is -0.118. The second kappa shape index (κ2) is 9.76. The fourth-order valence-electron chi connectivity index (χ4n) is 4.01. The Kier molecular flexibility index (Phi) is 6.78. The van der Waals surface area contributed by atoms with Gasteiger partial charge in [-0.3, -0.25) is 9.48 Å². The predicted octanol–water partition coefficient (Wildman–Crippen LogP) is 3.71. The van der Waals surface area contributed by atoms with Gasteiger partial charge in [-0.05, 0) is 31.5 Å². The van der Waals surface area contributed by atoms with Crippen LogP contribution < -0.4 is 15.5 Å². The van der Waals surface area contributed by atoms with E-state index in [9.17, 15) is 13.6 Å². The number of amides is 1. The number of nitrogens with one attached hydrogen (secondary N) is 2. The predicted molar refractivity (Wildman–Crippen MR) is 126 cm³/mol. The summed E-state index contributed by atoms with van der Waals surface area (Å²) in [6.45, 7) is 4.60. The molecule has 3 heterocycles. The monoisotopic (exact) mass is 470 g/mol. The highest BCUT2D eigenvalue weighted by atomic mass is 19.2. The highest BCUT2D eigenvalue weighted by molar-refractivity contribution is 6.04. The first-order valence-electron chi connectivity index (χ1n) is 11.0. The van der Waals surface area contributed by atoms with Crippen LogP contribution in [0.1, 0.15) is 30.2 Å². The molecule has 0 radical (unpaired) electrons. The zero-order valence-electron chi connectivity index (χ0n) is 19.6. The molecule has 1 amide bonds. The molecule has 2 atom stereocenters. The van der Waals surface area contributed by atoms with Crippen molar-refractivity contribution in [1.29, 1.82) is 0 Å². The number of hydrogen-bond acceptors (Lipinski definition) is 6. The molecule has 1 aromatic carbocycles. The van der Waals surface area contributed by atoms with Gasteiger partial charge in [-0.15, -0.1) is 0 Å². The van der Waals surface area contributed by atoms with E-state index in [1.807, 2.05) is 38.1 Å². The first-order chi connectivity index (χ1) is 16.2.